The van der Waals surface area contributed by atoms with Gasteiger partial charge in [0, 0.05) is 17.7 Å². The quantitative estimate of drug-likeness (QED) is 0.456. The summed E-state index contributed by atoms with van der Waals surface area (Å²) in [6.07, 6.45) is 6.00. The fourth-order valence-corrected chi connectivity index (χ4v) is 1.51. The molecule has 0 aliphatic carbocycles. The van der Waals surface area contributed by atoms with Gasteiger partial charge in [-0.2, -0.15) is 0 Å². The lowest BCUT2D eigenvalue weighted by Crippen LogP contribution is -2.32. The van der Waals surface area contributed by atoms with Crippen molar-refractivity contribution in [2.24, 2.45) is 0 Å². The molecule has 0 unspecified atom stereocenters. The van der Waals surface area contributed by atoms with Crippen LogP contribution in [0.1, 0.15) is 11.1 Å². The molecule has 6 heteroatoms. The lowest BCUT2D eigenvalue weighted by Gasteiger charge is -1.98. The van der Waals surface area contributed by atoms with Crippen LogP contribution in [0.15, 0.2) is 61.4 Å². The second kappa shape index (κ2) is 7.48. The van der Waals surface area contributed by atoms with Gasteiger partial charge in [-0.25, -0.2) is 4.57 Å². The van der Waals surface area contributed by atoms with Gasteiger partial charge in [-0.3, -0.25) is 0 Å². The summed E-state index contributed by atoms with van der Waals surface area (Å²) in [5.41, 5.74) is 2.47. The van der Waals surface area contributed by atoms with E-state index in [1.165, 1.54) is 5.56 Å². The lowest BCUT2D eigenvalue weighted by molar-refractivity contribution is -0.688. The molecule has 106 valence electrons. The number of rotatable bonds is 3. The molecule has 0 spiro atoms. The summed E-state index contributed by atoms with van der Waals surface area (Å²) in [7, 11) is -6.00. The van der Waals surface area contributed by atoms with E-state index in [-0.39, 0.29) is 0 Å². The number of pyridine rings is 1. The monoisotopic (exact) mass is 283 g/mol. The fourth-order valence-electron chi connectivity index (χ4n) is 1.51. The van der Waals surface area contributed by atoms with Crippen LogP contribution in [0, 0.1) is 0 Å². The Hall–Kier alpha value is -2.11. The van der Waals surface area contributed by atoms with E-state index in [9.17, 15) is 17.3 Å². The highest BCUT2D eigenvalue weighted by Crippen LogP contribution is 2.06. The van der Waals surface area contributed by atoms with Crippen molar-refractivity contribution in [3.8, 4) is 0 Å². The molecule has 0 amide bonds. The maximum Gasteiger partial charge on any atom is 0.673 e. The number of hydrogen-bond acceptors (Lipinski definition) is 0. The number of nitrogens with zero attached hydrogens (tertiary/aromatic N) is 1. The third-order valence-electron chi connectivity index (χ3n) is 2.36. The van der Waals surface area contributed by atoms with Gasteiger partial charge < -0.3 is 17.3 Å². The summed E-state index contributed by atoms with van der Waals surface area (Å²) in [4.78, 5) is 0. The Morgan fingerprint density at radius 3 is 1.90 bits per heavy atom. The molecule has 0 aliphatic heterocycles. The first-order valence-corrected chi connectivity index (χ1v) is 5.91. The number of halogens is 4. The minimum Gasteiger partial charge on any atom is -0.418 e. The van der Waals surface area contributed by atoms with E-state index in [2.05, 4.69) is 47.8 Å². The van der Waals surface area contributed by atoms with Crippen LogP contribution in [-0.2, 0) is 6.54 Å². The zero-order chi connectivity index (χ0) is 15.0. The molecule has 0 fully saturated rings. The van der Waals surface area contributed by atoms with Crippen LogP contribution in [0.5, 0.6) is 0 Å². The Kier molecular flexibility index (Phi) is 5.96. The molecule has 0 radical (unpaired) electrons. The molecule has 2 rings (SSSR count). The number of hydrogen-bond donors (Lipinski definition) is 0. The lowest BCUT2D eigenvalue weighted by atomic mass is 10.1. The standard InChI is InChI=1S/C14H14N.BF4/c1-2-13-6-8-14(9-7-13)12-15-10-4-3-5-11-15;2-1(3,4)5/h2-11H,1,12H2;/q+1;-1. The Balaban J connectivity index is 0.000000347. The molecule has 1 aromatic carbocycles. The zero-order valence-electron chi connectivity index (χ0n) is 10.7. The molecule has 0 bridgehead atoms. The third-order valence-corrected chi connectivity index (χ3v) is 2.36. The first-order chi connectivity index (χ1) is 9.38. The summed E-state index contributed by atoms with van der Waals surface area (Å²) in [5, 5.41) is 0. The second-order valence-electron chi connectivity index (χ2n) is 3.99. The summed E-state index contributed by atoms with van der Waals surface area (Å²) in [6, 6.07) is 14.6. The zero-order valence-corrected chi connectivity index (χ0v) is 10.7. The Morgan fingerprint density at radius 1 is 0.950 bits per heavy atom. The molecular formula is C14H14BF4N. The van der Waals surface area contributed by atoms with Crippen LogP contribution >= 0.6 is 0 Å². The SMILES string of the molecule is C=Cc1ccc(C[n+]2ccccc2)cc1.F[B-](F)(F)F. The van der Waals surface area contributed by atoms with Gasteiger partial charge in [-0.15, -0.1) is 0 Å². The van der Waals surface area contributed by atoms with E-state index < -0.39 is 7.25 Å². The molecule has 0 N–H and O–H groups in total. The molecule has 2 aromatic rings. The molecule has 1 heterocycles. The van der Waals surface area contributed by atoms with Crippen LogP contribution in [0.4, 0.5) is 17.3 Å². The van der Waals surface area contributed by atoms with Crippen LogP contribution in [-0.4, -0.2) is 7.25 Å². The maximum absolute atomic E-state index is 9.75. The van der Waals surface area contributed by atoms with Gasteiger partial charge in [0.15, 0.2) is 18.9 Å². The highest BCUT2D eigenvalue weighted by atomic mass is 19.5. The van der Waals surface area contributed by atoms with Crippen LogP contribution < -0.4 is 4.57 Å². The number of benzene rings is 1. The molecular weight excluding hydrogens is 269 g/mol. The van der Waals surface area contributed by atoms with Crippen LogP contribution in [0.25, 0.3) is 6.08 Å². The second-order valence-corrected chi connectivity index (χ2v) is 3.99. The Labute approximate surface area is 115 Å². The van der Waals surface area contributed by atoms with Crippen LogP contribution in [0.2, 0.25) is 0 Å². The first kappa shape index (κ1) is 16.0. The van der Waals surface area contributed by atoms with E-state index in [0.717, 1.165) is 12.1 Å². The molecule has 0 saturated carbocycles. The van der Waals surface area contributed by atoms with Gasteiger partial charge in [0.1, 0.15) is 0 Å². The normalized spacial score (nSPS) is 10.4. The average Bonchev–Trinajstić information content (AvgIpc) is 2.39. The molecule has 1 nitrogen and oxygen atoms in total. The van der Waals surface area contributed by atoms with E-state index >= 15 is 0 Å². The van der Waals surface area contributed by atoms with Gasteiger partial charge in [-0.1, -0.05) is 43.0 Å². The minimum absolute atomic E-state index is 0.915. The van der Waals surface area contributed by atoms with Crippen molar-refractivity contribution < 1.29 is 21.8 Å². The molecule has 0 saturated heterocycles. The molecule has 1 aromatic heterocycles. The van der Waals surface area contributed by atoms with Crippen molar-refractivity contribution in [1.29, 1.82) is 0 Å². The van der Waals surface area contributed by atoms with Crippen molar-refractivity contribution >= 4 is 13.3 Å². The van der Waals surface area contributed by atoms with Crippen molar-refractivity contribution in [3.05, 3.63) is 72.6 Å². The van der Waals surface area contributed by atoms with Crippen molar-refractivity contribution in [1.82, 2.24) is 0 Å². The largest absolute Gasteiger partial charge is 0.673 e. The van der Waals surface area contributed by atoms with E-state index in [4.69, 9.17) is 0 Å². The van der Waals surface area contributed by atoms with Gasteiger partial charge in [0.25, 0.3) is 0 Å². The predicted molar refractivity (Wildman–Crippen MR) is 72.5 cm³/mol. The summed E-state index contributed by atoms with van der Waals surface area (Å²) in [6.45, 7) is 4.65. The van der Waals surface area contributed by atoms with Gasteiger partial charge in [0.05, 0.1) is 0 Å². The minimum atomic E-state index is -6.00. The topological polar surface area (TPSA) is 3.88 Å². The maximum atomic E-state index is 9.75. The number of aromatic nitrogens is 1. The Bertz CT molecular complexity index is 517. The first-order valence-electron chi connectivity index (χ1n) is 5.91. The smallest absolute Gasteiger partial charge is 0.418 e. The average molecular weight is 283 g/mol. The van der Waals surface area contributed by atoms with Gasteiger partial charge in [-0.05, 0) is 5.56 Å². The molecule has 20 heavy (non-hydrogen) atoms. The van der Waals surface area contributed by atoms with Crippen LogP contribution in [0.3, 0.4) is 0 Å². The van der Waals surface area contributed by atoms with Crippen molar-refractivity contribution in [2.75, 3.05) is 0 Å². The fraction of sp³-hybridized carbons (Fsp3) is 0.0714. The molecule has 0 aliphatic rings. The highest BCUT2D eigenvalue weighted by Gasteiger charge is 2.20. The highest BCUT2D eigenvalue weighted by molar-refractivity contribution is 6.50. The van der Waals surface area contributed by atoms with Gasteiger partial charge >= 0.3 is 7.25 Å². The Morgan fingerprint density at radius 2 is 1.45 bits per heavy atom. The van der Waals surface area contributed by atoms with Crippen molar-refractivity contribution in [2.45, 2.75) is 6.54 Å². The summed E-state index contributed by atoms with van der Waals surface area (Å²) in [5.74, 6) is 0. The van der Waals surface area contributed by atoms with Gasteiger partial charge in [0.2, 0.25) is 0 Å². The predicted octanol–water partition coefficient (Wildman–Crippen LogP) is 3.97. The molecule has 0 atom stereocenters. The van der Waals surface area contributed by atoms with Crippen molar-refractivity contribution in [3.63, 3.8) is 0 Å². The summed E-state index contributed by atoms with van der Waals surface area (Å²) < 4.78 is 41.2. The summed E-state index contributed by atoms with van der Waals surface area (Å²) >= 11 is 0. The van der Waals surface area contributed by atoms with E-state index in [1.807, 2.05) is 24.3 Å². The third kappa shape index (κ3) is 7.36. The van der Waals surface area contributed by atoms with E-state index in [1.54, 1.807) is 0 Å². The van der Waals surface area contributed by atoms with E-state index in [0.29, 0.717) is 0 Å².